The van der Waals surface area contributed by atoms with Gasteiger partial charge in [-0.15, -0.1) is 0 Å². The molecule has 0 bridgehead atoms. The normalized spacial score (nSPS) is 13.8. The summed E-state index contributed by atoms with van der Waals surface area (Å²) in [5, 5.41) is 3.31. The topological polar surface area (TPSA) is 72.5 Å². The predicted octanol–water partition coefficient (Wildman–Crippen LogP) is 6.90. The summed E-state index contributed by atoms with van der Waals surface area (Å²) in [6.45, 7) is 2.92. The first kappa shape index (κ1) is 30.9. The molecule has 0 fully saturated rings. The monoisotopic (exact) mass is 573 g/mol. The van der Waals surface area contributed by atoms with E-state index >= 15 is 0 Å². The third-order valence-corrected chi connectivity index (χ3v) is 7.02. The predicted molar refractivity (Wildman–Crippen MR) is 147 cm³/mol. The molecule has 0 aliphatic heterocycles. The number of amides is 1. The summed E-state index contributed by atoms with van der Waals surface area (Å²) in [5.74, 6) is -5.58. The molecule has 3 rings (SSSR count). The number of nitrogens with one attached hydrogen (secondary N) is 1. The number of benzene rings is 3. The van der Waals surface area contributed by atoms with Crippen LogP contribution in [0.4, 0.5) is 13.2 Å². The molecule has 3 aromatic carbocycles. The quantitative estimate of drug-likeness (QED) is 0.256. The number of hydrogen-bond acceptors (Lipinski definition) is 4. The molecular formula is C31H31ClF3NO4. The maximum absolute atomic E-state index is 13.8. The maximum Gasteiger partial charge on any atom is 0.450 e. The van der Waals surface area contributed by atoms with Crippen molar-refractivity contribution in [2.24, 2.45) is 11.8 Å². The average Bonchev–Trinajstić information content (AvgIpc) is 2.93. The fraction of sp³-hybridized carbons (Fsp3) is 0.323. The van der Waals surface area contributed by atoms with Gasteiger partial charge in [0.15, 0.2) is 5.78 Å². The molecule has 0 radical (unpaired) electrons. The fourth-order valence-electron chi connectivity index (χ4n) is 4.47. The van der Waals surface area contributed by atoms with Gasteiger partial charge in [0.1, 0.15) is 11.8 Å². The molecule has 5 nitrogen and oxygen atoms in total. The minimum atomic E-state index is -5.07. The van der Waals surface area contributed by atoms with Gasteiger partial charge in [-0.05, 0) is 53.3 Å². The molecule has 0 aliphatic rings. The van der Waals surface area contributed by atoms with E-state index in [0.717, 1.165) is 5.56 Å². The first-order chi connectivity index (χ1) is 18.9. The zero-order valence-corrected chi connectivity index (χ0v) is 23.1. The molecule has 0 unspecified atom stereocenters. The number of ether oxygens (including phenoxy) is 1. The molecule has 0 saturated heterocycles. The molecule has 0 spiro atoms. The van der Waals surface area contributed by atoms with E-state index in [2.05, 4.69) is 5.32 Å². The van der Waals surface area contributed by atoms with Crippen LogP contribution >= 0.6 is 11.6 Å². The van der Waals surface area contributed by atoms with Gasteiger partial charge in [0, 0.05) is 17.4 Å². The molecular weight excluding hydrogens is 543 g/mol. The van der Waals surface area contributed by atoms with Gasteiger partial charge in [-0.25, -0.2) is 0 Å². The van der Waals surface area contributed by atoms with Crippen molar-refractivity contribution in [3.63, 3.8) is 0 Å². The molecule has 1 amide bonds. The highest BCUT2D eigenvalue weighted by Gasteiger charge is 2.45. The number of alkyl halides is 3. The lowest BCUT2D eigenvalue weighted by molar-refractivity contribution is -0.177. The fourth-order valence-corrected chi connectivity index (χ4v) is 4.59. The smallest absolute Gasteiger partial charge is 0.450 e. The third-order valence-electron chi connectivity index (χ3n) is 6.77. The van der Waals surface area contributed by atoms with Crippen LogP contribution in [0.3, 0.4) is 0 Å². The number of methoxy groups -OCH3 is 1. The Labute approximate surface area is 236 Å². The Morgan fingerprint density at radius 2 is 1.48 bits per heavy atom. The summed E-state index contributed by atoms with van der Waals surface area (Å²) < 4.78 is 45.1. The summed E-state index contributed by atoms with van der Waals surface area (Å²) in [5.41, 5.74) is 1.88. The maximum atomic E-state index is 13.8. The summed E-state index contributed by atoms with van der Waals surface area (Å²) >= 11 is 6.02. The SMILES string of the molecule is COc1ccc([C@H](Cc2ccc(Cl)cc2)C(=O)N[C@H](C(=O)C[C@H](C(=O)C(F)(F)F)C(C)C)c2ccccc2)cc1. The van der Waals surface area contributed by atoms with Crippen LogP contribution in [0.5, 0.6) is 5.75 Å². The Hall–Kier alpha value is -3.65. The Morgan fingerprint density at radius 3 is 2.00 bits per heavy atom. The number of rotatable bonds is 12. The van der Waals surface area contributed by atoms with Crippen LogP contribution in [-0.2, 0) is 20.8 Å². The Bertz CT molecular complexity index is 1290. The van der Waals surface area contributed by atoms with Crippen LogP contribution in [-0.4, -0.2) is 30.8 Å². The van der Waals surface area contributed by atoms with Crippen molar-refractivity contribution in [1.82, 2.24) is 5.32 Å². The van der Waals surface area contributed by atoms with Gasteiger partial charge < -0.3 is 10.1 Å². The molecule has 0 heterocycles. The summed E-state index contributed by atoms with van der Waals surface area (Å²) in [6, 6.07) is 20.9. The van der Waals surface area contributed by atoms with Gasteiger partial charge in [-0.2, -0.15) is 13.2 Å². The van der Waals surface area contributed by atoms with Gasteiger partial charge in [0.25, 0.3) is 0 Å². The lowest BCUT2D eigenvalue weighted by Gasteiger charge is -2.26. The highest BCUT2D eigenvalue weighted by Crippen LogP contribution is 2.31. The molecule has 40 heavy (non-hydrogen) atoms. The lowest BCUT2D eigenvalue weighted by Crippen LogP contribution is -2.40. The van der Waals surface area contributed by atoms with Gasteiger partial charge in [0.05, 0.1) is 13.0 Å². The standard InChI is InChI=1S/C31H31ClF3NO4/c1-19(2)25(29(38)31(33,34)35)18-27(37)28(22-7-5-4-6-8-22)36-30(39)26(17-20-9-13-23(32)14-10-20)21-11-15-24(40-3)16-12-21/h4-16,19,25-26,28H,17-18H2,1-3H3,(H,36,39)/t25-,26-,28-/m0/s1. The molecule has 3 atom stereocenters. The summed E-state index contributed by atoms with van der Waals surface area (Å²) in [6.07, 6.45) is -5.47. The molecule has 0 aromatic heterocycles. The number of halogens is 4. The largest absolute Gasteiger partial charge is 0.497 e. The van der Waals surface area contributed by atoms with Crippen LogP contribution in [0.25, 0.3) is 0 Å². The van der Waals surface area contributed by atoms with E-state index in [-0.39, 0.29) is 6.42 Å². The Balaban J connectivity index is 1.95. The van der Waals surface area contributed by atoms with E-state index in [1.807, 2.05) is 0 Å². The first-order valence-electron chi connectivity index (χ1n) is 12.8. The van der Waals surface area contributed by atoms with Crippen LogP contribution < -0.4 is 10.1 Å². The van der Waals surface area contributed by atoms with Crippen molar-refractivity contribution in [3.8, 4) is 5.75 Å². The molecule has 0 aliphatic carbocycles. The van der Waals surface area contributed by atoms with Crippen LogP contribution in [0, 0.1) is 11.8 Å². The van der Waals surface area contributed by atoms with Crippen LogP contribution in [0.2, 0.25) is 5.02 Å². The van der Waals surface area contributed by atoms with E-state index in [4.69, 9.17) is 16.3 Å². The highest BCUT2D eigenvalue weighted by molar-refractivity contribution is 6.30. The van der Waals surface area contributed by atoms with Crippen molar-refractivity contribution >= 4 is 29.1 Å². The van der Waals surface area contributed by atoms with Crippen molar-refractivity contribution in [1.29, 1.82) is 0 Å². The molecule has 9 heteroatoms. The summed E-state index contributed by atoms with van der Waals surface area (Å²) in [7, 11) is 1.52. The second-order valence-corrected chi connectivity index (χ2v) is 10.3. The van der Waals surface area contributed by atoms with Gasteiger partial charge in [-0.1, -0.05) is 80.0 Å². The number of carbonyl (C=O) groups is 3. The highest BCUT2D eigenvalue weighted by atomic mass is 35.5. The van der Waals surface area contributed by atoms with Crippen LogP contribution in [0.1, 0.15) is 48.9 Å². The van der Waals surface area contributed by atoms with Crippen molar-refractivity contribution in [2.45, 2.75) is 44.8 Å². The number of ketones is 2. The number of carbonyl (C=O) groups excluding carboxylic acids is 3. The van der Waals surface area contributed by atoms with Gasteiger partial charge in [0.2, 0.25) is 11.7 Å². The molecule has 212 valence electrons. The molecule has 3 aromatic rings. The molecule has 1 N–H and O–H groups in total. The van der Waals surface area contributed by atoms with Gasteiger partial charge >= 0.3 is 6.18 Å². The zero-order valence-electron chi connectivity index (χ0n) is 22.4. The van der Waals surface area contributed by atoms with Crippen molar-refractivity contribution in [3.05, 3.63) is 101 Å². The van der Waals surface area contributed by atoms with E-state index in [9.17, 15) is 27.6 Å². The van der Waals surface area contributed by atoms with E-state index in [1.54, 1.807) is 78.9 Å². The third kappa shape index (κ3) is 8.18. The van der Waals surface area contributed by atoms with E-state index in [0.29, 0.717) is 21.9 Å². The van der Waals surface area contributed by atoms with Crippen molar-refractivity contribution in [2.75, 3.05) is 7.11 Å². The Kier molecular flexibility index (Phi) is 10.5. The van der Waals surface area contributed by atoms with E-state index in [1.165, 1.54) is 21.0 Å². The second-order valence-electron chi connectivity index (χ2n) is 9.89. The minimum Gasteiger partial charge on any atom is -0.497 e. The Morgan fingerprint density at radius 1 is 0.875 bits per heavy atom. The summed E-state index contributed by atoms with van der Waals surface area (Å²) in [4.78, 5) is 39.4. The number of Topliss-reactive ketones (excluding diaryl/α,β-unsaturated/α-hetero) is 2. The van der Waals surface area contributed by atoms with Crippen LogP contribution in [0.15, 0.2) is 78.9 Å². The van der Waals surface area contributed by atoms with Gasteiger partial charge in [-0.3, -0.25) is 14.4 Å². The average molecular weight is 574 g/mol. The first-order valence-corrected chi connectivity index (χ1v) is 13.2. The minimum absolute atomic E-state index is 0.270. The number of hydrogen-bond donors (Lipinski definition) is 1. The molecule has 0 saturated carbocycles. The second kappa shape index (κ2) is 13.6. The van der Waals surface area contributed by atoms with Crippen molar-refractivity contribution < 1.29 is 32.3 Å². The van der Waals surface area contributed by atoms with E-state index < -0.39 is 53.9 Å². The zero-order chi connectivity index (χ0) is 29.4. The lowest BCUT2D eigenvalue weighted by atomic mass is 9.84.